The molecule has 2 N–H and O–H groups in total. The number of hydrogen-bond acceptors (Lipinski definition) is 7. The van der Waals surface area contributed by atoms with E-state index in [4.69, 9.17) is 11.6 Å². The van der Waals surface area contributed by atoms with Crippen LogP contribution in [-0.4, -0.2) is 29.7 Å². The van der Waals surface area contributed by atoms with Crippen molar-refractivity contribution in [1.29, 1.82) is 0 Å². The maximum atomic E-state index is 12.6. The zero-order valence-electron chi connectivity index (χ0n) is 17.6. The van der Waals surface area contributed by atoms with Gasteiger partial charge in [0.15, 0.2) is 11.2 Å². The summed E-state index contributed by atoms with van der Waals surface area (Å²) < 4.78 is 2.86. The van der Waals surface area contributed by atoms with Gasteiger partial charge in [-0.25, -0.2) is 10.2 Å². The molecule has 2 aromatic carbocycles. The molecule has 0 atom stereocenters. The van der Waals surface area contributed by atoms with Crippen molar-refractivity contribution in [2.75, 3.05) is 5.43 Å². The first kappa shape index (κ1) is 22.0. The summed E-state index contributed by atoms with van der Waals surface area (Å²) >= 11 is 5.97. The molecule has 168 valence electrons. The number of nitro groups is 1. The van der Waals surface area contributed by atoms with Crippen molar-refractivity contribution in [2.45, 2.75) is 13.5 Å². The minimum absolute atomic E-state index is 0.0237. The molecule has 0 aliphatic heterocycles. The van der Waals surface area contributed by atoms with Gasteiger partial charge in [-0.1, -0.05) is 23.7 Å². The lowest BCUT2D eigenvalue weighted by molar-refractivity contribution is -0.384. The number of H-pyrrole nitrogens is 1. The number of aryl methyl sites for hydroxylation is 1. The predicted octanol–water partition coefficient (Wildman–Crippen LogP) is 2.87. The highest BCUT2D eigenvalue weighted by Crippen LogP contribution is 2.19. The van der Waals surface area contributed by atoms with E-state index in [0.717, 1.165) is 5.56 Å². The summed E-state index contributed by atoms with van der Waals surface area (Å²) in [6, 6.07) is 13.1. The third kappa shape index (κ3) is 4.39. The normalized spacial score (nSPS) is 11.7. The Kier molecular flexibility index (Phi) is 5.80. The van der Waals surface area contributed by atoms with Gasteiger partial charge in [-0.05, 0) is 42.3 Å². The van der Waals surface area contributed by atoms with Crippen molar-refractivity contribution in [3.05, 3.63) is 95.6 Å². The molecule has 4 rings (SSSR count). The van der Waals surface area contributed by atoms with Crippen LogP contribution in [0.1, 0.15) is 18.1 Å². The fraction of sp³-hybridized carbons (Fsp3) is 0.143. The molecule has 0 bridgehead atoms. The molecular formula is C21H18ClN7O4. The molecule has 12 heteroatoms. The van der Waals surface area contributed by atoms with Crippen LogP contribution < -0.4 is 16.7 Å². The smallest absolute Gasteiger partial charge is 0.298 e. The summed E-state index contributed by atoms with van der Waals surface area (Å²) in [5, 5.41) is 15.8. The number of hydrazone groups is 1. The van der Waals surface area contributed by atoms with Crippen LogP contribution >= 0.6 is 11.6 Å². The number of non-ortho nitro benzene ring substituents is 1. The summed E-state index contributed by atoms with van der Waals surface area (Å²) in [7, 11) is 1.51. The Bertz CT molecular complexity index is 1500. The largest absolute Gasteiger partial charge is 0.329 e. The van der Waals surface area contributed by atoms with Crippen LogP contribution in [0, 0.1) is 10.1 Å². The Balaban J connectivity index is 1.76. The standard InChI is InChI=1S/C21H18ClN7O4/c1-12(14-5-9-16(10-6-14)29(32)33)25-26-20-23-18-17(19(30)24-21(31)27(18)2)28(20)11-13-3-7-15(22)8-4-13/h3-10H,11H2,1-2H3,(H,23,26)(H,24,30,31). The summed E-state index contributed by atoms with van der Waals surface area (Å²) in [6.07, 6.45) is 0. The molecule has 2 aromatic heterocycles. The van der Waals surface area contributed by atoms with E-state index in [2.05, 4.69) is 20.5 Å². The molecule has 0 amide bonds. The van der Waals surface area contributed by atoms with Gasteiger partial charge in [-0.15, -0.1) is 0 Å². The highest BCUT2D eigenvalue weighted by molar-refractivity contribution is 6.30. The fourth-order valence-electron chi connectivity index (χ4n) is 3.27. The third-order valence-electron chi connectivity index (χ3n) is 5.08. The van der Waals surface area contributed by atoms with Crippen LogP contribution in [0.25, 0.3) is 11.2 Å². The van der Waals surface area contributed by atoms with Crippen molar-refractivity contribution < 1.29 is 4.92 Å². The number of rotatable bonds is 6. The minimum atomic E-state index is -0.583. The Hall–Kier alpha value is -4.25. The molecule has 0 aliphatic carbocycles. The monoisotopic (exact) mass is 467 g/mol. The average molecular weight is 468 g/mol. The molecular weight excluding hydrogens is 450 g/mol. The van der Waals surface area contributed by atoms with Gasteiger partial charge in [0, 0.05) is 24.2 Å². The molecule has 0 aliphatic rings. The zero-order valence-corrected chi connectivity index (χ0v) is 18.3. The van der Waals surface area contributed by atoms with E-state index < -0.39 is 16.2 Å². The van der Waals surface area contributed by atoms with Gasteiger partial charge in [0.2, 0.25) is 5.95 Å². The van der Waals surface area contributed by atoms with E-state index in [9.17, 15) is 19.7 Å². The van der Waals surface area contributed by atoms with Crippen molar-refractivity contribution >= 4 is 40.1 Å². The minimum Gasteiger partial charge on any atom is -0.298 e. The second kappa shape index (κ2) is 8.71. The number of aromatic amines is 1. The molecule has 0 saturated heterocycles. The van der Waals surface area contributed by atoms with Crippen molar-refractivity contribution in [2.24, 2.45) is 12.1 Å². The van der Waals surface area contributed by atoms with Gasteiger partial charge in [-0.3, -0.25) is 29.0 Å². The molecule has 0 spiro atoms. The summed E-state index contributed by atoms with van der Waals surface area (Å²) in [5.74, 6) is 0.243. The van der Waals surface area contributed by atoms with Crippen LogP contribution in [0.15, 0.2) is 63.2 Å². The number of aromatic nitrogens is 4. The first-order chi connectivity index (χ1) is 15.7. The van der Waals surface area contributed by atoms with Crippen LogP contribution in [0.3, 0.4) is 0 Å². The molecule has 0 unspecified atom stereocenters. The number of halogens is 1. The van der Waals surface area contributed by atoms with Crippen molar-refractivity contribution in [3.63, 3.8) is 0 Å². The number of nitrogens with zero attached hydrogens (tertiary/aromatic N) is 5. The first-order valence-electron chi connectivity index (χ1n) is 9.73. The average Bonchev–Trinajstić information content (AvgIpc) is 3.16. The van der Waals surface area contributed by atoms with E-state index in [-0.39, 0.29) is 29.3 Å². The number of anilines is 1. The number of nitro benzene ring substituents is 1. The Morgan fingerprint density at radius 2 is 1.85 bits per heavy atom. The fourth-order valence-corrected chi connectivity index (χ4v) is 3.39. The summed E-state index contributed by atoms with van der Waals surface area (Å²) in [5.41, 5.74) is 4.14. The number of imidazole rings is 1. The lowest BCUT2D eigenvalue weighted by atomic mass is 10.1. The van der Waals surface area contributed by atoms with Gasteiger partial charge in [-0.2, -0.15) is 10.1 Å². The highest BCUT2D eigenvalue weighted by Gasteiger charge is 2.18. The van der Waals surface area contributed by atoms with E-state index in [1.165, 1.54) is 23.7 Å². The van der Waals surface area contributed by atoms with Gasteiger partial charge >= 0.3 is 5.69 Å². The van der Waals surface area contributed by atoms with Gasteiger partial charge in [0.1, 0.15) is 0 Å². The van der Waals surface area contributed by atoms with Gasteiger partial charge < -0.3 is 0 Å². The molecule has 33 heavy (non-hydrogen) atoms. The molecule has 2 heterocycles. The SMILES string of the molecule is CC(=NNc1nc2c(c(=O)[nH]c(=O)n2C)n1Cc1ccc(Cl)cc1)c1ccc([N+](=O)[O-])cc1. The van der Waals surface area contributed by atoms with E-state index in [0.29, 0.717) is 16.3 Å². The Morgan fingerprint density at radius 1 is 1.18 bits per heavy atom. The highest BCUT2D eigenvalue weighted by atomic mass is 35.5. The second-order valence-electron chi connectivity index (χ2n) is 7.25. The Morgan fingerprint density at radius 3 is 2.48 bits per heavy atom. The van der Waals surface area contributed by atoms with Crippen LogP contribution in [0.4, 0.5) is 11.6 Å². The van der Waals surface area contributed by atoms with E-state index in [1.54, 1.807) is 35.8 Å². The van der Waals surface area contributed by atoms with Gasteiger partial charge in [0.05, 0.1) is 17.2 Å². The zero-order chi connectivity index (χ0) is 23.7. The lowest BCUT2D eigenvalue weighted by Gasteiger charge is -2.09. The van der Waals surface area contributed by atoms with Gasteiger partial charge in [0.25, 0.3) is 11.2 Å². The third-order valence-corrected chi connectivity index (χ3v) is 5.33. The molecule has 0 fully saturated rings. The topological polar surface area (TPSA) is 140 Å². The van der Waals surface area contributed by atoms with Crippen LogP contribution in [-0.2, 0) is 13.6 Å². The number of fused-ring (bicyclic) bond motifs is 1. The first-order valence-corrected chi connectivity index (χ1v) is 10.1. The summed E-state index contributed by atoms with van der Waals surface area (Å²) in [6.45, 7) is 1.99. The predicted molar refractivity (Wildman–Crippen MR) is 125 cm³/mol. The number of benzene rings is 2. The Labute approximate surface area is 191 Å². The van der Waals surface area contributed by atoms with Crippen molar-refractivity contribution in [3.8, 4) is 0 Å². The quantitative estimate of drug-likeness (QED) is 0.254. The van der Waals surface area contributed by atoms with E-state index in [1.807, 2.05) is 12.1 Å². The van der Waals surface area contributed by atoms with Crippen LogP contribution in [0.5, 0.6) is 0 Å². The number of hydrogen-bond donors (Lipinski definition) is 2. The molecule has 0 saturated carbocycles. The van der Waals surface area contributed by atoms with Crippen LogP contribution in [0.2, 0.25) is 5.02 Å². The second-order valence-corrected chi connectivity index (χ2v) is 7.69. The summed E-state index contributed by atoms with van der Waals surface area (Å²) in [4.78, 5) is 41.7. The molecule has 11 nitrogen and oxygen atoms in total. The maximum Gasteiger partial charge on any atom is 0.329 e. The maximum absolute atomic E-state index is 12.6. The molecule has 0 radical (unpaired) electrons. The van der Waals surface area contributed by atoms with E-state index >= 15 is 0 Å². The number of nitrogens with one attached hydrogen (secondary N) is 2. The van der Waals surface area contributed by atoms with Crippen molar-refractivity contribution in [1.82, 2.24) is 19.1 Å². The molecule has 4 aromatic rings. The lowest BCUT2D eigenvalue weighted by Crippen LogP contribution is -2.29.